The number of thiazole rings is 1. The molecule has 0 aliphatic rings. The fourth-order valence-electron chi connectivity index (χ4n) is 2.66. The molecule has 0 saturated heterocycles. The molecular formula is C20H28N2OS. The number of benzene rings is 1. The summed E-state index contributed by atoms with van der Waals surface area (Å²) < 4.78 is 0. The SMILES string of the molecule is Cc1csc(CCCCNC(=O)Cc2ccc(CC(C)C)cc2)n1. The maximum atomic E-state index is 12.0. The molecule has 1 aromatic carbocycles. The molecule has 0 radical (unpaired) electrons. The summed E-state index contributed by atoms with van der Waals surface area (Å²) >= 11 is 1.72. The second-order valence-corrected chi connectivity index (χ2v) is 7.72. The number of hydrogen-bond acceptors (Lipinski definition) is 3. The fraction of sp³-hybridized carbons (Fsp3) is 0.500. The van der Waals surface area contributed by atoms with Gasteiger partial charge in [-0.2, -0.15) is 0 Å². The van der Waals surface area contributed by atoms with Gasteiger partial charge in [-0.25, -0.2) is 4.98 Å². The van der Waals surface area contributed by atoms with Gasteiger partial charge in [0.1, 0.15) is 0 Å². The van der Waals surface area contributed by atoms with Crippen LogP contribution in [-0.2, 0) is 24.1 Å². The van der Waals surface area contributed by atoms with E-state index in [0.717, 1.165) is 43.5 Å². The molecular weight excluding hydrogens is 316 g/mol. The Morgan fingerprint density at radius 2 is 1.88 bits per heavy atom. The largest absolute Gasteiger partial charge is 0.356 e. The van der Waals surface area contributed by atoms with Crippen LogP contribution >= 0.6 is 11.3 Å². The summed E-state index contributed by atoms with van der Waals surface area (Å²) in [6, 6.07) is 8.42. The predicted octanol–water partition coefficient (Wildman–Crippen LogP) is 4.33. The van der Waals surface area contributed by atoms with Crippen LogP contribution in [0.4, 0.5) is 0 Å². The van der Waals surface area contributed by atoms with Gasteiger partial charge in [-0.15, -0.1) is 11.3 Å². The lowest BCUT2D eigenvalue weighted by Gasteiger charge is -2.07. The van der Waals surface area contributed by atoms with Crippen LogP contribution in [0.15, 0.2) is 29.6 Å². The van der Waals surface area contributed by atoms with Gasteiger partial charge in [0, 0.05) is 17.6 Å². The van der Waals surface area contributed by atoms with Crippen LogP contribution in [0.5, 0.6) is 0 Å². The van der Waals surface area contributed by atoms with Crippen LogP contribution in [0.1, 0.15) is 48.5 Å². The maximum Gasteiger partial charge on any atom is 0.224 e. The number of nitrogens with zero attached hydrogens (tertiary/aromatic N) is 1. The summed E-state index contributed by atoms with van der Waals surface area (Å²) in [5, 5.41) is 6.30. The standard InChI is InChI=1S/C20H28N2OS/c1-15(2)12-17-7-9-18(10-8-17)13-19(23)21-11-5-4-6-20-22-16(3)14-24-20/h7-10,14-15H,4-6,11-13H2,1-3H3,(H,21,23). The first-order valence-corrected chi connectivity index (χ1v) is 9.66. The van der Waals surface area contributed by atoms with E-state index in [1.165, 1.54) is 10.6 Å². The third-order valence-electron chi connectivity index (χ3n) is 3.84. The number of amides is 1. The van der Waals surface area contributed by atoms with E-state index in [4.69, 9.17) is 0 Å². The van der Waals surface area contributed by atoms with Crippen molar-refractivity contribution in [3.05, 3.63) is 51.5 Å². The molecule has 1 N–H and O–H groups in total. The van der Waals surface area contributed by atoms with Crippen molar-refractivity contribution in [2.75, 3.05) is 6.54 Å². The number of hydrogen-bond donors (Lipinski definition) is 1. The van der Waals surface area contributed by atoms with Gasteiger partial charge in [-0.05, 0) is 49.7 Å². The van der Waals surface area contributed by atoms with Crippen molar-refractivity contribution in [3.63, 3.8) is 0 Å². The van der Waals surface area contributed by atoms with E-state index in [9.17, 15) is 4.79 Å². The van der Waals surface area contributed by atoms with Crippen molar-refractivity contribution >= 4 is 17.2 Å². The molecule has 0 unspecified atom stereocenters. The van der Waals surface area contributed by atoms with Gasteiger partial charge in [-0.3, -0.25) is 4.79 Å². The Hall–Kier alpha value is -1.68. The molecule has 0 saturated carbocycles. The highest BCUT2D eigenvalue weighted by atomic mass is 32.1. The zero-order valence-electron chi connectivity index (χ0n) is 15.0. The molecule has 4 heteroatoms. The Balaban J connectivity index is 1.62. The van der Waals surface area contributed by atoms with Crippen molar-refractivity contribution < 1.29 is 4.79 Å². The molecule has 1 heterocycles. The predicted molar refractivity (Wildman–Crippen MR) is 101 cm³/mol. The third-order valence-corrected chi connectivity index (χ3v) is 4.86. The van der Waals surface area contributed by atoms with Crippen LogP contribution in [0.25, 0.3) is 0 Å². The van der Waals surface area contributed by atoms with Crippen molar-refractivity contribution in [1.82, 2.24) is 10.3 Å². The summed E-state index contributed by atoms with van der Waals surface area (Å²) in [5.74, 6) is 0.768. The molecule has 130 valence electrons. The summed E-state index contributed by atoms with van der Waals surface area (Å²) in [5.41, 5.74) is 3.52. The van der Waals surface area contributed by atoms with Crippen molar-refractivity contribution in [3.8, 4) is 0 Å². The van der Waals surface area contributed by atoms with Gasteiger partial charge in [0.25, 0.3) is 0 Å². The number of rotatable bonds is 9. The van der Waals surface area contributed by atoms with Crippen molar-refractivity contribution in [1.29, 1.82) is 0 Å². The molecule has 0 spiro atoms. The average molecular weight is 345 g/mol. The van der Waals surface area contributed by atoms with Crippen molar-refractivity contribution in [2.24, 2.45) is 5.92 Å². The monoisotopic (exact) mass is 344 g/mol. The normalized spacial score (nSPS) is 11.0. The Labute approximate surface area is 149 Å². The van der Waals surface area contributed by atoms with E-state index in [-0.39, 0.29) is 5.91 Å². The van der Waals surface area contributed by atoms with Gasteiger partial charge in [0.05, 0.1) is 11.4 Å². The number of unbranched alkanes of at least 4 members (excludes halogenated alkanes) is 1. The van der Waals surface area contributed by atoms with Crippen LogP contribution < -0.4 is 5.32 Å². The van der Waals surface area contributed by atoms with Gasteiger partial charge >= 0.3 is 0 Å². The first kappa shape index (κ1) is 18.7. The van der Waals surface area contributed by atoms with Crippen LogP contribution in [0, 0.1) is 12.8 Å². The van der Waals surface area contributed by atoms with E-state index >= 15 is 0 Å². The van der Waals surface area contributed by atoms with Gasteiger partial charge in [0.2, 0.25) is 5.91 Å². The number of aromatic nitrogens is 1. The van der Waals surface area contributed by atoms with Crippen molar-refractivity contribution in [2.45, 2.75) is 52.9 Å². The quantitative estimate of drug-likeness (QED) is 0.688. The Morgan fingerprint density at radius 1 is 1.17 bits per heavy atom. The number of carbonyl (C=O) groups is 1. The van der Waals surface area contributed by atoms with E-state index in [1.54, 1.807) is 11.3 Å². The number of carbonyl (C=O) groups excluding carboxylic acids is 1. The Bertz CT molecular complexity index is 631. The maximum absolute atomic E-state index is 12.0. The topological polar surface area (TPSA) is 42.0 Å². The molecule has 24 heavy (non-hydrogen) atoms. The lowest BCUT2D eigenvalue weighted by molar-refractivity contribution is -0.120. The second-order valence-electron chi connectivity index (χ2n) is 6.78. The molecule has 0 bridgehead atoms. The highest BCUT2D eigenvalue weighted by Gasteiger charge is 2.04. The van der Waals surface area contributed by atoms with Gasteiger partial charge in [0.15, 0.2) is 0 Å². The lowest BCUT2D eigenvalue weighted by Crippen LogP contribution is -2.26. The minimum absolute atomic E-state index is 0.108. The smallest absolute Gasteiger partial charge is 0.224 e. The minimum atomic E-state index is 0.108. The van der Waals surface area contributed by atoms with E-state index < -0.39 is 0 Å². The van der Waals surface area contributed by atoms with Crippen LogP contribution in [0.2, 0.25) is 0 Å². The summed E-state index contributed by atoms with van der Waals surface area (Å²) in [6.45, 7) is 7.21. The Kier molecular flexibility index (Phi) is 7.44. The van der Waals surface area contributed by atoms with Crippen LogP contribution in [-0.4, -0.2) is 17.4 Å². The molecule has 0 aliphatic carbocycles. The second kappa shape index (κ2) is 9.58. The van der Waals surface area contributed by atoms with Crippen LogP contribution in [0.3, 0.4) is 0 Å². The lowest BCUT2D eigenvalue weighted by atomic mass is 10.0. The Morgan fingerprint density at radius 3 is 2.50 bits per heavy atom. The first-order valence-electron chi connectivity index (χ1n) is 8.78. The van der Waals surface area contributed by atoms with E-state index in [1.807, 2.05) is 6.92 Å². The van der Waals surface area contributed by atoms with Gasteiger partial charge < -0.3 is 5.32 Å². The number of aryl methyl sites for hydroxylation is 2. The number of nitrogens with one attached hydrogen (secondary N) is 1. The molecule has 3 nitrogen and oxygen atoms in total. The first-order chi connectivity index (χ1) is 11.5. The van der Waals surface area contributed by atoms with E-state index in [0.29, 0.717) is 12.3 Å². The van der Waals surface area contributed by atoms with Gasteiger partial charge in [-0.1, -0.05) is 38.1 Å². The molecule has 2 aromatic rings. The molecule has 0 fully saturated rings. The molecule has 1 aromatic heterocycles. The zero-order chi connectivity index (χ0) is 17.4. The summed E-state index contributed by atoms with van der Waals surface area (Å²) in [7, 11) is 0. The molecule has 0 aliphatic heterocycles. The third kappa shape index (κ3) is 6.83. The zero-order valence-corrected chi connectivity index (χ0v) is 15.8. The molecule has 2 rings (SSSR count). The summed E-state index contributed by atoms with van der Waals surface area (Å²) in [6.07, 6.45) is 4.62. The molecule has 1 amide bonds. The fourth-order valence-corrected chi connectivity index (χ4v) is 3.48. The average Bonchev–Trinajstić information content (AvgIpc) is 2.94. The minimum Gasteiger partial charge on any atom is -0.356 e. The highest BCUT2D eigenvalue weighted by Crippen LogP contribution is 2.12. The highest BCUT2D eigenvalue weighted by molar-refractivity contribution is 7.09. The summed E-state index contributed by atoms with van der Waals surface area (Å²) in [4.78, 5) is 16.4. The van der Waals surface area contributed by atoms with E-state index in [2.05, 4.69) is 53.8 Å². The molecule has 0 atom stereocenters.